The summed E-state index contributed by atoms with van der Waals surface area (Å²) in [5, 5.41) is 0. The van der Waals surface area contributed by atoms with Crippen LogP contribution in [-0.2, 0) is 9.53 Å². The van der Waals surface area contributed by atoms with Gasteiger partial charge in [0.25, 0.3) is 6.47 Å². The Balaban J connectivity index is 2.14. The molecule has 0 aromatic rings. The zero-order chi connectivity index (χ0) is 5.82. The SMILES string of the molecule is O=COC1SCCS1. The van der Waals surface area contributed by atoms with Gasteiger partial charge in [-0.1, -0.05) is 0 Å². The lowest BCUT2D eigenvalue weighted by molar-refractivity contribution is -0.127. The van der Waals surface area contributed by atoms with E-state index in [2.05, 4.69) is 4.74 Å². The molecule has 0 unspecified atom stereocenters. The number of carbonyl (C=O) groups is 1. The number of ether oxygens (including phenoxy) is 1. The van der Waals surface area contributed by atoms with Gasteiger partial charge < -0.3 is 4.74 Å². The topological polar surface area (TPSA) is 26.3 Å². The first-order valence-electron chi connectivity index (χ1n) is 2.26. The summed E-state index contributed by atoms with van der Waals surface area (Å²) >= 11 is 3.35. The molecule has 0 N–H and O–H groups in total. The van der Waals surface area contributed by atoms with Crippen LogP contribution >= 0.6 is 23.5 Å². The standard InChI is InChI=1S/C4H6O2S2/c5-3-6-4-7-1-2-8-4/h3-4H,1-2H2. The smallest absolute Gasteiger partial charge is 0.294 e. The van der Waals surface area contributed by atoms with Gasteiger partial charge >= 0.3 is 0 Å². The fourth-order valence-corrected chi connectivity index (χ4v) is 2.83. The molecule has 0 aromatic carbocycles. The molecule has 1 heterocycles. The molecule has 0 bridgehead atoms. The lowest BCUT2D eigenvalue weighted by Crippen LogP contribution is -1.95. The maximum Gasteiger partial charge on any atom is 0.294 e. The minimum Gasteiger partial charge on any atom is -0.443 e. The minimum absolute atomic E-state index is 0.0764. The van der Waals surface area contributed by atoms with Crippen LogP contribution in [0.3, 0.4) is 0 Å². The van der Waals surface area contributed by atoms with Gasteiger partial charge in [-0.05, 0) is 0 Å². The van der Waals surface area contributed by atoms with Crippen LogP contribution in [0.5, 0.6) is 0 Å². The van der Waals surface area contributed by atoms with Gasteiger partial charge in [-0.2, -0.15) is 0 Å². The van der Waals surface area contributed by atoms with E-state index in [1.807, 2.05) is 0 Å². The van der Waals surface area contributed by atoms with Crippen molar-refractivity contribution in [2.24, 2.45) is 0 Å². The minimum atomic E-state index is 0.0764. The van der Waals surface area contributed by atoms with E-state index in [-0.39, 0.29) is 4.77 Å². The molecular weight excluding hydrogens is 144 g/mol. The lowest BCUT2D eigenvalue weighted by Gasteiger charge is -2.01. The molecule has 0 aromatic heterocycles. The molecule has 2 nitrogen and oxygen atoms in total. The molecule has 0 atom stereocenters. The van der Waals surface area contributed by atoms with Gasteiger partial charge in [-0.15, -0.1) is 23.5 Å². The second kappa shape index (κ2) is 3.25. The summed E-state index contributed by atoms with van der Waals surface area (Å²) in [6.07, 6.45) is 0. The molecule has 8 heavy (non-hydrogen) atoms. The lowest BCUT2D eigenvalue weighted by atomic mass is 11.0. The van der Waals surface area contributed by atoms with E-state index in [0.717, 1.165) is 11.5 Å². The van der Waals surface area contributed by atoms with Crippen molar-refractivity contribution < 1.29 is 9.53 Å². The first-order chi connectivity index (χ1) is 3.93. The first kappa shape index (κ1) is 6.29. The van der Waals surface area contributed by atoms with Gasteiger partial charge in [-0.25, -0.2) is 0 Å². The van der Waals surface area contributed by atoms with E-state index in [4.69, 9.17) is 0 Å². The van der Waals surface area contributed by atoms with Gasteiger partial charge in [0.2, 0.25) is 0 Å². The van der Waals surface area contributed by atoms with E-state index in [9.17, 15) is 4.79 Å². The predicted octanol–water partition coefficient (Wildman–Crippen LogP) is 0.923. The van der Waals surface area contributed by atoms with Crippen molar-refractivity contribution in [2.45, 2.75) is 4.77 Å². The average molecular weight is 150 g/mol. The van der Waals surface area contributed by atoms with Gasteiger partial charge in [0, 0.05) is 11.5 Å². The van der Waals surface area contributed by atoms with Gasteiger partial charge in [0.05, 0.1) is 0 Å². The van der Waals surface area contributed by atoms with Gasteiger partial charge in [-0.3, -0.25) is 4.79 Å². The Bertz CT molecular complexity index is 80.1. The fraction of sp³-hybridized carbons (Fsp3) is 0.750. The summed E-state index contributed by atoms with van der Waals surface area (Å²) in [6.45, 7) is 0.510. The van der Waals surface area contributed by atoms with Crippen LogP contribution in [0, 0.1) is 0 Å². The molecule has 1 rings (SSSR count). The molecule has 1 aliphatic heterocycles. The monoisotopic (exact) mass is 150 g/mol. The van der Waals surface area contributed by atoms with Crippen LogP contribution in [0.25, 0.3) is 0 Å². The molecule has 1 fully saturated rings. The van der Waals surface area contributed by atoms with Crippen molar-refractivity contribution in [3.8, 4) is 0 Å². The molecular formula is C4H6O2S2. The van der Waals surface area contributed by atoms with Crippen molar-refractivity contribution in [1.29, 1.82) is 0 Å². The Labute approximate surface area is 56.3 Å². The molecule has 0 radical (unpaired) electrons. The van der Waals surface area contributed by atoms with Crippen LogP contribution in [0.4, 0.5) is 0 Å². The largest absolute Gasteiger partial charge is 0.443 e. The van der Waals surface area contributed by atoms with Gasteiger partial charge in [0.1, 0.15) is 0 Å². The third-order valence-electron chi connectivity index (χ3n) is 0.758. The van der Waals surface area contributed by atoms with Crippen molar-refractivity contribution in [3.63, 3.8) is 0 Å². The van der Waals surface area contributed by atoms with E-state index >= 15 is 0 Å². The Kier molecular flexibility index (Phi) is 2.55. The fourth-order valence-electron chi connectivity index (χ4n) is 0.461. The second-order valence-corrected chi connectivity index (χ2v) is 3.90. The number of rotatable bonds is 2. The highest BCUT2D eigenvalue weighted by Crippen LogP contribution is 2.31. The molecule has 1 saturated heterocycles. The predicted molar refractivity (Wildman–Crippen MR) is 35.9 cm³/mol. The van der Waals surface area contributed by atoms with Crippen molar-refractivity contribution in [1.82, 2.24) is 0 Å². The highest BCUT2D eigenvalue weighted by Gasteiger charge is 2.15. The zero-order valence-corrected chi connectivity index (χ0v) is 5.83. The van der Waals surface area contributed by atoms with Crippen molar-refractivity contribution in [3.05, 3.63) is 0 Å². The normalized spacial score (nSPS) is 21.0. The summed E-state index contributed by atoms with van der Waals surface area (Å²) in [5.41, 5.74) is 0. The maximum atomic E-state index is 9.71. The number of hydrogen-bond acceptors (Lipinski definition) is 4. The molecule has 1 aliphatic rings. The van der Waals surface area contributed by atoms with E-state index < -0.39 is 0 Å². The molecule has 4 heteroatoms. The molecule has 0 aliphatic carbocycles. The summed E-state index contributed by atoms with van der Waals surface area (Å²) in [5.74, 6) is 2.20. The van der Waals surface area contributed by atoms with Crippen LogP contribution in [-0.4, -0.2) is 22.7 Å². The number of thioether (sulfide) groups is 2. The van der Waals surface area contributed by atoms with Crippen LogP contribution in [0.2, 0.25) is 0 Å². The number of hydrogen-bond donors (Lipinski definition) is 0. The van der Waals surface area contributed by atoms with E-state index in [1.54, 1.807) is 23.5 Å². The average Bonchev–Trinajstić information content (AvgIpc) is 2.19. The number of carbonyl (C=O) groups excluding carboxylic acids is 1. The van der Waals surface area contributed by atoms with Crippen LogP contribution in [0.15, 0.2) is 0 Å². The summed E-state index contributed by atoms with van der Waals surface area (Å²) in [6, 6.07) is 0. The third kappa shape index (κ3) is 1.59. The zero-order valence-electron chi connectivity index (χ0n) is 4.20. The highest BCUT2D eigenvalue weighted by atomic mass is 32.2. The summed E-state index contributed by atoms with van der Waals surface area (Å²) in [7, 11) is 0. The summed E-state index contributed by atoms with van der Waals surface area (Å²) in [4.78, 5) is 9.71. The Morgan fingerprint density at radius 3 is 2.62 bits per heavy atom. The van der Waals surface area contributed by atoms with E-state index in [0.29, 0.717) is 6.47 Å². The van der Waals surface area contributed by atoms with Crippen LogP contribution < -0.4 is 0 Å². The Morgan fingerprint density at radius 2 is 2.12 bits per heavy atom. The Morgan fingerprint density at radius 1 is 1.50 bits per heavy atom. The van der Waals surface area contributed by atoms with Gasteiger partial charge in [0.15, 0.2) is 4.77 Å². The summed E-state index contributed by atoms with van der Waals surface area (Å²) < 4.78 is 4.72. The Hall–Kier alpha value is 0.170. The van der Waals surface area contributed by atoms with Crippen LogP contribution in [0.1, 0.15) is 0 Å². The second-order valence-electron chi connectivity index (χ2n) is 1.26. The first-order valence-corrected chi connectivity index (χ1v) is 4.35. The van der Waals surface area contributed by atoms with E-state index in [1.165, 1.54) is 0 Å². The maximum absolute atomic E-state index is 9.71. The van der Waals surface area contributed by atoms with Crippen molar-refractivity contribution in [2.75, 3.05) is 11.5 Å². The molecule has 0 spiro atoms. The van der Waals surface area contributed by atoms with Crippen molar-refractivity contribution >= 4 is 30.0 Å². The quantitative estimate of drug-likeness (QED) is 0.547. The highest BCUT2D eigenvalue weighted by molar-refractivity contribution is 8.19. The molecule has 0 saturated carbocycles. The molecule has 0 amide bonds. The third-order valence-corrected chi connectivity index (χ3v) is 3.48. The molecule has 46 valence electrons.